The van der Waals surface area contributed by atoms with Crippen molar-refractivity contribution in [2.75, 3.05) is 44.3 Å². The van der Waals surface area contributed by atoms with Crippen molar-refractivity contribution in [3.05, 3.63) is 23.8 Å². The van der Waals surface area contributed by atoms with Gasteiger partial charge in [-0.1, -0.05) is 13.0 Å². The number of nitrogens with two attached hydrogens (primary N) is 2. The predicted octanol–water partition coefficient (Wildman–Crippen LogP) is 1.29. The summed E-state index contributed by atoms with van der Waals surface area (Å²) in [4.78, 5) is 2.40. The highest BCUT2D eigenvalue weighted by atomic mass is 16.5. The molecule has 1 unspecified atom stereocenters. The highest BCUT2D eigenvalue weighted by molar-refractivity contribution is 5.62. The minimum atomic E-state index is 0.356. The summed E-state index contributed by atoms with van der Waals surface area (Å²) in [6, 6.07) is 5.73. The number of hydrogen-bond acceptors (Lipinski definition) is 4. The predicted molar refractivity (Wildman–Crippen MR) is 70.9 cm³/mol. The van der Waals surface area contributed by atoms with E-state index in [9.17, 15) is 0 Å². The third-order valence-electron chi connectivity index (χ3n) is 3.30. The first kappa shape index (κ1) is 12.2. The third-order valence-corrected chi connectivity index (χ3v) is 3.30. The Morgan fingerprint density at radius 2 is 1.82 bits per heavy atom. The van der Waals surface area contributed by atoms with Gasteiger partial charge in [-0.15, -0.1) is 0 Å². The van der Waals surface area contributed by atoms with Crippen molar-refractivity contribution in [3.8, 4) is 0 Å². The fourth-order valence-corrected chi connectivity index (χ4v) is 2.43. The van der Waals surface area contributed by atoms with Crippen LogP contribution < -0.4 is 11.5 Å². The van der Waals surface area contributed by atoms with E-state index < -0.39 is 0 Å². The molecule has 0 radical (unpaired) electrons. The molecule has 0 bridgehead atoms. The summed E-state index contributed by atoms with van der Waals surface area (Å²) < 4.78 is 5.34. The summed E-state index contributed by atoms with van der Waals surface area (Å²) >= 11 is 0. The lowest BCUT2D eigenvalue weighted by Gasteiger charge is -2.30. The zero-order valence-electron chi connectivity index (χ0n) is 10.4. The third kappa shape index (κ3) is 2.90. The van der Waals surface area contributed by atoms with Crippen molar-refractivity contribution in [2.45, 2.75) is 12.8 Å². The number of hydrogen-bond donors (Lipinski definition) is 2. The Bertz CT molecular complexity index is 355. The average Bonchev–Trinajstić information content (AvgIpc) is 2.30. The maximum absolute atomic E-state index is 6.00. The summed E-state index contributed by atoms with van der Waals surface area (Å²) in [7, 11) is 0. The Morgan fingerprint density at radius 1 is 1.24 bits per heavy atom. The van der Waals surface area contributed by atoms with E-state index in [2.05, 4.69) is 11.8 Å². The van der Waals surface area contributed by atoms with Crippen molar-refractivity contribution in [2.24, 2.45) is 0 Å². The van der Waals surface area contributed by atoms with E-state index in [-0.39, 0.29) is 0 Å². The quantitative estimate of drug-likeness (QED) is 0.775. The number of morpholine rings is 1. The van der Waals surface area contributed by atoms with Crippen LogP contribution in [0.15, 0.2) is 18.2 Å². The van der Waals surface area contributed by atoms with Crippen molar-refractivity contribution < 1.29 is 4.74 Å². The van der Waals surface area contributed by atoms with Crippen LogP contribution in [0.1, 0.15) is 18.4 Å². The minimum Gasteiger partial charge on any atom is -0.398 e. The van der Waals surface area contributed by atoms with Crippen LogP contribution in [0.2, 0.25) is 0 Å². The lowest BCUT2D eigenvalue weighted by Crippen LogP contribution is -2.38. The van der Waals surface area contributed by atoms with Crippen LogP contribution in [-0.2, 0) is 4.74 Å². The number of rotatable bonds is 3. The molecule has 2 rings (SSSR count). The number of benzene rings is 1. The second kappa shape index (κ2) is 5.38. The Morgan fingerprint density at radius 3 is 2.41 bits per heavy atom. The van der Waals surface area contributed by atoms with E-state index >= 15 is 0 Å². The van der Waals surface area contributed by atoms with E-state index in [0.29, 0.717) is 5.92 Å². The Balaban J connectivity index is 2.05. The number of ether oxygens (including phenoxy) is 1. The maximum Gasteiger partial charge on any atom is 0.0594 e. The Kier molecular flexibility index (Phi) is 3.86. The first-order valence-corrected chi connectivity index (χ1v) is 6.12. The van der Waals surface area contributed by atoms with Crippen LogP contribution in [0.4, 0.5) is 11.4 Å². The van der Waals surface area contributed by atoms with Gasteiger partial charge in [0.05, 0.1) is 13.2 Å². The minimum absolute atomic E-state index is 0.356. The van der Waals surface area contributed by atoms with Crippen LogP contribution >= 0.6 is 0 Å². The second-order valence-electron chi connectivity index (χ2n) is 4.66. The van der Waals surface area contributed by atoms with Gasteiger partial charge in [0.1, 0.15) is 0 Å². The van der Waals surface area contributed by atoms with E-state index in [4.69, 9.17) is 16.2 Å². The van der Waals surface area contributed by atoms with Crippen LogP contribution in [-0.4, -0.2) is 37.7 Å². The SMILES string of the molecule is CC(CN1CCOCC1)c1c(N)cccc1N. The molecule has 0 aromatic heterocycles. The molecule has 0 aliphatic carbocycles. The van der Waals surface area contributed by atoms with Gasteiger partial charge in [-0.3, -0.25) is 4.90 Å². The van der Waals surface area contributed by atoms with Gasteiger partial charge in [0.15, 0.2) is 0 Å². The smallest absolute Gasteiger partial charge is 0.0594 e. The van der Waals surface area contributed by atoms with Crippen molar-refractivity contribution in [1.82, 2.24) is 4.90 Å². The normalized spacial score (nSPS) is 19.1. The van der Waals surface area contributed by atoms with Crippen LogP contribution in [0.5, 0.6) is 0 Å². The molecular formula is C13H21N3O. The Labute approximate surface area is 103 Å². The molecule has 4 N–H and O–H groups in total. The molecule has 1 aliphatic rings. The van der Waals surface area contributed by atoms with Gasteiger partial charge in [0.25, 0.3) is 0 Å². The molecule has 1 saturated heterocycles. The highest BCUT2D eigenvalue weighted by Gasteiger charge is 2.18. The molecule has 1 heterocycles. The lowest BCUT2D eigenvalue weighted by atomic mass is 9.96. The highest BCUT2D eigenvalue weighted by Crippen LogP contribution is 2.28. The molecule has 17 heavy (non-hydrogen) atoms. The molecule has 4 heteroatoms. The second-order valence-corrected chi connectivity index (χ2v) is 4.66. The van der Waals surface area contributed by atoms with Crippen molar-refractivity contribution in [3.63, 3.8) is 0 Å². The van der Waals surface area contributed by atoms with E-state index in [1.54, 1.807) is 0 Å². The standard InChI is InChI=1S/C13H21N3O/c1-10(9-16-5-7-17-8-6-16)13-11(14)3-2-4-12(13)15/h2-4,10H,5-9,14-15H2,1H3. The maximum atomic E-state index is 6.00. The molecule has 0 amide bonds. The van der Waals surface area contributed by atoms with Crippen LogP contribution in [0, 0.1) is 0 Å². The zero-order chi connectivity index (χ0) is 12.3. The van der Waals surface area contributed by atoms with Crippen LogP contribution in [0.25, 0.3) is 0 Å². The van der Waals surface area contributed by atoms with Crippen molar-refractivity contribution >= 4 is 11.4 Å². The van der Waals surface area contributed by atoms with Gasteiger partial charge in [0.2, 0.25) is 0 Å². The first-order valence-electron chi connectivity index (χ1n) is 6.12. The fourth-order valence-electron chi connectivity index (χ4n) is 2.43. The molecule has 0 saturated carbocycles. The first-order chi connectivity index (χ1) is 8.18. The molecule has 1 aromatic carbocycles. The molecule has 4 nitrogen and oxygen atoms in total. The summed E-state index contributed by atoms with van der Waals surface area (Å²) in [6.07, 6.45) is 0. The Hall–Kier alpha value is -1.26. The largest absolute Gasteiger partial charge is 0.398 e. The molecular weight excluding hydrogens is 214 g/mol. The van der Waals surface area contributed by atoms with Gasteiger partial charge in [-0.2, -0.15) is 0 Å². The van der Waals surface area contributed by atoms with Gasteiger partial charge in [0, 0.05) is 36.6 Å². The molecule has 94 valence electrons. The lowest BCUT2D eigenvalue weighted by molar-refractivity contribution is 0.0358. The number of nitrogens with zero attached hydrogens (tertiary/aromatic N) is 1. The van der Waals surface area contributed by atoms with Gasteiger partial charge in [-0.25, -0.2) is 0 Å². The van der Waals surface area contributed by atoms with Crippen LogP contribution in [0.3, 0.4) is 0 Å². The van der Waals surface area contributed by atoms with Gasteiger partial charge < -0.3 is 16.2 Å². The summed E-state index contributed by atoms with van der Waals surface area (Å²) in [5.74, 6) is 0.356. The van der Waals surface area contributed by atoms with Crippen molar-refractivity contribution in [1.29, 1.82) is 0 Å². The molecule has 1 fully saturated rings. The van der Waals surface area contributed by atoms with E-state index in [1.807, 2.05) is 18.2 Å². The zero-order valence-corrected chi connectivity index (χ0v) is 10.4. The van der Waals surface area contributed by atoms with E-state index in [0.717, 1.165) is 49.8 Å². The van der Waals surface area contributed by atoms with Gasteiger partial charge >= 0.3 is 0 Å². The molecule has 1 aromatic rings. The summed E-state index contributed by atoms with van der Waals surface area (Å²) in [5, 5.41) is 0. The molecule has 0 spiro atoms. The van der Waals surface area contributed by atoms with Gasteiger partial charge in [-0.05, 0) is 18.1 Å². The molecule has 1 aliphatic heterocycles. The summed E-state index contributed by atoms with van der Waals surface area (Å²) in [6.45, 7) is 6.81. The molecule has 1 atom stereocenters. The monoisotopic (exact) mass is 235 g/mol. The fraction of sp³-hybridized carbons (Fsp3) is 0.538. The summed E-state index contributed by atoms with van der Waals surface area (Å²) in [5.41, 5.74) is 14.7. The topological polar surface area (TPSA) is 64.5 Å². The number of anilines is 2. The number of nitrogen functional groups attached to an aromatic ring is 2. The van der Waals surface area contributed by atoms with E-state index in [1.165, 1.54) is 0 Å². The average molecular weight is 235 g/mol.